The van der Waals surface area contributed by atoms with Gasteiger partial charge in [0.25, 0.3) is 0 Å². The second-order valence-electron chi connectivity index (χ2n) is 6.64. The number of azo groups is 1. The van der Waals surface area contributed by atoms with Crippen LogP contribution in [0.2, 0.25) is 0 Å². The summed E-state index contributed by atoms with van der Waals surface area (Å²) in [6, 6.07) is 14.3. The summed E-state index contributed by atoms with van der Waals surface area (Å²) in [6.45, 7) is 11.2. The lowest BCUT2D eigenvalue weighted by atomic mass is 10.1. The monoisotopic (exact) mass is 391 g/mol. The molecule has 6 nitrogen and oxygen atoms in total. The standard InChI is InChI=1S/C23H25N3O3/c1-16(2)22(27)6-5-15-24-18-7-9-19(10-8-18)25-26-20-11-13-21(14-12-20)29-23(28)17(3)4/h7-14,24H,1,3,5-6,15H2,2,4H3. The van der Waals surface area contributed by atoms with Gasteiger partial charge in [-0.15, -0.1) is 0 Å². The van der Waals surface area contributed by atoms with E-state index in [1.807, 2.05) is 24.3 Å². The molecule has 6 heteroatoms. The van der Waals surface area contributed by atoms with E-state index in [9.17, 15) is 9.59 Å². The Hall–Kier alpha value is -3.54. The number of esters is 1. The number of ketones is 1. The highest BCUT2D eigenvalue weighted by atomic mass is 16.5. The first-order chi connectivity index (χ1) is 13.8. The van der Waals surface area contributed by atoms with E-state index in [4.69, 9.17) is 4.74 Å². The summed E-state index contributed by atoms with van der Waals surface area (Å²) in [7, 11) is 0. The van der Waals surface area contributed by atoms with Gasteiger partial charge in [-0.1, -0.05) is 13.2 Å². The normalized spacial score (nSPS) is 10.6. The van der Waals surface area contributed by atoms with Crippen molar-refractivity contribution in [1.29, 1.82) is 0 Å². The number of anilines is 1. The van der Waals surface area contributed by atoms with Gasteiger partial charge in [-0.05, 0) is 74.4 Å². The van der Waals surface area contributed by atoms with Crippen molar-refractivity contribution in [2.45, 2.75) is 26.7 Å². The second-order valence-corrected chi connectivity index (χ2v) is 6.64. The van der Waals surface area contributed by atoms with Crippen LogP contribution in [0.3, 0.4) is 0 Å². The van der Waals surface area contributed by atoms with Crippen LogP contribution in [0.1, 0.15) is 26.7 Å². The number of carbonyl (C=O) groups is 2. The molecular formula is C23H25N3O3. The predicted octanol–water partition coefficient (Wildman–Crippen LogP) is 5.92. The zero-order valence-electron chi connectivity index (χ0n) is 16.8. The smallest absolute Gasteiger partial charge is 0.338 e. The van der Waals surface area contributed by atoms with Crippen molar-refractivity contribution in [3.63, 3.8) is 0 Å². The van der Waals surface area contributed by atoms with Crippen molar-refractivity contribution >= 4 is 28.8 Å². The SMILES string of the molecule is C=C(C)C(=O)CCCNc1ccc(N=Nc2ccc(OC(=O)C(=C)C)cc2)cc1. The molecule has 2 aromatic rings. The lowest BCUT2D eigenvalue weighted by Gasteiger charge is -2.06. The molecule has 0 spiro atoms. The Balaban J connectivity index is 1.83. The summed E-state index contributed by atoms with van der Waals surface area (Å²) in [5, 5.41) is 11.6. The third kappa shape index (κ3) is 7.54. The maximum Gasteiger partial charge on any atom is 0.338 e. The van der Waals surface area contributed by atoms with E-state index >= 15 is 0 Å². The molecule has 0 fully saturated rings. The van der Waals surface area contributed by atoms with E-state index in [1.54, 1.807) is 38.1 Å². The number of nitrogens with one attached hydrogen (secondary N) is 1. The average Bonchev–Trinajstić information content (AvgIpc) is 2.71. The fraction of sp³-hybridized carbons (Fsp3) is 0.217. The van der Waals surface area contributed by atoms with Crippen LogP contribution in [0, 0.1) is 0 Å². The lowest BCUT2D eigenvalue weighted by molar-refractivity contribution is -0.130. The highest BCUT2D eigenvalue weighted by molar-refractivity contribution is 5.94. The van der Waals surface area contributed by atoms with Crippen molar-refractivity contribution in [2.75, 3.05) is 11.9 Å². The maximum absolute atomic E-state index is 11.5. The molecule has 29 heavy (non-hydrogen) atoms. The fourth-order valence-electron chi connectivity index (χ4n) is 2.23. The van der Waals surface area contributed by atoms with E-state index in [0.29, 0.717) is 41.2 Å². The molecule has 0 radical (unpaired) electrons. The summed E-state index contributed by atoms with van der Waals surface area (Å²) in [6.07, 6.45) is 1.25. The van der Waals surface area contributed by atoms with Crippen LogP contribution >= 0.6 is 0 Å². The number of hydrogen-bond acceptors (Lipinski definition) is 6. The first-order valence-electron chi connectivity index (χ1n) is 9.27. The Labute approximate surface area is 171 Å². The zero-order valence-corrected chi connectivity index (χ0v) is 16.8. The molecule has 1 N–H and O–H groups in total. The number of carbonyl (C=O) groups excluding carboxylic acids is 2. The van der Waals surface area contributed by atoms with E-state index in [1.165, 1.54) is 0 Å². The highest BCUT2D eigenvalue weighted by Gasteiger charge is 2.05. The zero-order chi connectivity index (χ0) is 21.2. The summed E-state index contributed by atoms with van der Waals surface area (Å²) in [4.78, 5) is 23.0. The molecular weight excluding hydrogens is 366 g/mol. The number of allylic oxidation sites excluding steroid dienone is 1. The molecule has 0 aliphatic rings. The molecule has 0 heterocycles. The minimum absolute atomic E-state index is 0.101. The predicted molar refractivity (Wildman–Crippen MR) is 115 cm³/mol. The van der Waals surface area contributed by atoms with Gasteiger partial charge in [-0.3, -0.25) is 4.79 Å². The van der Waals surface area contributed by atoms with Gasteiger partial charge in [0.1, 0.15) is 5.75 Å². The third-order valence-corrected chi connectivity index (χ3v) is 3.93. The first-order valence-corrected chi connectivity index (χ1v) is 9.27. The van der Waals surface area contributed by atoms with Crippen LogP contribution in [0.4, 0.5) is 17.1 Å². The number of ether oxygens (including phenoxy) is 1. The van der Waals surface area contributed by atoms with E-state index in [2.05, 4.69) is 28.7 Å². The average molecular weight is 391 g/mol. The van der Waals surface area contributed by atoms with Gasteiger partial charge >= 0.3 is 5.97 Å². The summed E-state index contributed by atoms with van der Waals surface area (Å²) in [5.41, 5.74) is 3.25. The van der Waals surface area contributed by atoms with Crippen LogP contribution in [-0.2, 0) is 9.59 Å². The quantitative estimate of drug-likeness (QED) is 0.179. The first kappa shape index (κ1) is 21.8. The van der Waals surface area contributed by atoms with Gasteiger partial charge in [0.15, 0.2) is 5.78 Å². The molecule has 2 rings (SSSR count). The fourth-order valence-corrected chi connectivity index (χ4v) is 2.23. The van der Waals surface area contributed by atoms with Gasteiger partial charge in [0.2, 0.25) is 0 Å². The molecule has 0 aliphatic heterocycles. The van der Waals surface area contributed by atoms with Gasteiger partial charge in [0, 0.05) is 24.2 Å². The summed E-state index contributed by atoms with van der Waals surface area (Å²) < 4.78 is 5.13. The Bertz CT molecular complexity index is 913. The van der Waals surface area contributed by atoms with Gasteiger partial charge in [0.05, 0.1) is 11.4 Å². The molecule has 0 aliphatic carbocycles. The second kappa shape index (κ2) is 10.7. The van der Waals surface area contributed by atoms with Crippen LogP contribution in [-0.4, -0.2) is 18.3 Å². The molecule has 0 atom stereocenters. The molecule has 2 aromatic carbocycles. The minimum atomic E-state index is -0.463. The number of Topliss-reactive ketones (excluding diaryl/α,β-unsaturated/α-hetero) is 1. The molecule has 0 amide bonds. The minimum Gasteiger partial charge on any atom is -0.423 e. The molecule has 0 saturated heterocycles. The number of rotatable bonds is 10. The van der Waals surface area contributed by atoms with Crippen molar-refractivity contribution in [3.05, 3.63) is 72.8 Å². The van der Waals surface area contributed by atoms with Crippen LogP contribution in [0.15, 0.2) is 83.1 Å². The third-order valence-electron chi connectivity index (χ3n) is 3.93. The van der Waals surface area contributed by atoms with Crippen molar-refractivity contribution in [3.8, 4) is 5.75 Å². The molecule has 0 saturated carbocycles. The Morgan fingerprint density at radius 1 is 0.897 bits per heavy atom. The van der Waals surface area contributed by atoms with E-state index < -0.39 is 5.97 Å². The Kier molecular flexibility index (Phi) is 8.03. The summed E-state index contributed by atoms with van der Waals surface area (Å²) in [5.74, 6) is 0.0670. The van der Waals surface area contributed by atoms with Crippen LogP contribution in [0.25, 0.3) is 0 Å². The number of benzene rings is 2. The summed E-state index contributed by atoms with van der Waals surface area (Å²) >= 11 is 0. The topological polar surface area (TPSA) is 80.1 Å². The maximum atomic E-state index is 11.5. The molecule has 0 unspecified atom stereocenters. The lowest BCUT2D eigenvalue weighted by Crippen LogP contribution is -2.07. The Morgan fingerprint density at radius 3 is 1.97 bits per heavy atom. The number of nitrogens with zero attached hydrogens (tertiary/aromatic N) is 2. The molecule has 0 bridgehead atoms. The van der Waals surface area contributed by atoms with Gasteiger partial charge in [-0.25, -0.2) is 4.79 Å². The van der Waals surface area contributed by atoms with Crippen molar-refractivity contribution in [2.24, 2.45) is 10.2 Å². The Morgan fingerprint density at radius 2 is 1.45 bits per heavy atom. The van der Waals surface area contributed by atoms with Crippen LogP contribution in [0.5, 0.6) is 5.75 Å². The number of hydrogen-bond donors (Lipinski definition) is 1. The van der Waals surface area contributed by atoms with E-state index in [0.717, 1.165) is 12.1 Å². The largest absolute Gasteiger partial charge is 0.423 e. The van der Waals surface area contributed by atoms with E-state index in [-0.39, 0.29) is 5.78 Å². The van der Waals surface area contributed by atoms with Gasteiger partial charge in [-0.2, -0.15) is 10.2 Å². The van der Waals surface area contributed by atoms with Crippen molar-refractivity contribution < 1.29 is 14.3 Å². The van der Waals surface area contributed by atoms with Crippen molar-refractivity contribution in [1.82, 2.24) is 0 Å². The van der Waals surface area contributed by atoms with Gasteiger partial charge < -0.3 is 10.1 Å². The highest BCUT2D eigenvalue weighted by Crippen LogP contribution is 2.22. The molecule has 150 valence electrons. The van der Waals surface area contributed by atoms with Crippen LogP contribution < -0.4 is 10.1 Å². The molecule has 0 aromatic heterocycles.